The molecule has 42 heavy (non-hydrogen) atoms. The summed E-state index contributed by atoms with van der Waals surface area (Å²) in [5.41, 5.74) is 0.563. The molecule has 4 atom stereocenters. The maximum absolute atomic E-state index is 15.8. The lowest BCUT2D eigenvalue weighted by molar-refractivity contribution is -0.146. The lowest BCUT2D eigenvalue weighted by atomic mass is 9.82. The maximum Gasteiger partial charge on any atom is 0.279 e. The van der Waals surface area contributed by atoms with E-state index < -0.39 is 31.6 Å². The third kappa shape index (κ3) is 4.36. The van der Waals surface area contributed by atoms with Crippen molar-refractivity contribution in [3.63, 3.8) is 0 Å². The van der Waals surface area contributed by atoms with Crippen LogP contribution in [-0.2, 0) is 21.7 Å². The van der Waals surface area contributed by atoms with Crippen LogP contribution in [0.1, 0.15) is 24.5 Å². The Labute approximate surface area is 244 Å². The fraction of sp³-hybridized carbons (Fsp3) is 0.344. The molecule has 10 heteroatoms. The number of benzene rings is 3. The number of ether oxygens (including phenoxy) is 2. The lowest BCUT2D eigenvalue weighted by Crippen LogP contribution is -2.45. The van der Waals surface area contributed by atoms with Crippen LogP contribution in [0.15, 0.2) is 77.7 Å². The molecule has 0 aliphatic carbocycles. The molecule has 3 heterocycles. The standard InChI is InChI=1S/C32H34FN3O5Si/c1-20-29(42(3,4)33)28(14-15-37)41-32(20)26-17-24(40-2)12-13-27(26)35(31(32)39)19-21-8-7-10-23(16-21)36-30(38)25-11-6-5-9-22(25)18-34-36/h5-13,16-18,20,28-29,37H,14-15,19H2,1-4H3/t20-,28+,29-,32+/m1/s1. The number of hydrogen-bond donors (Lipinski definition) is 1. The molecule has 8 nitrogen and oxygen atoms in total. The molecule has 3 aromatic carbocycles. The van der Waals surface area contributed by atoms with E-state index in [0.717, 1.165) is 10.9 Å². The summed E-state index contributed by atoms with van der Waals surface area (Å²) < 4.78 is 29.2. The van der Waals surface area contributed by atoms with Crippen molar-refractivity contribution in [1.29, 1.82) is 0 Å². The molecule has 6 rings (SSSR count). The molecule has 0 bridgehead atoms. The van der Waals surface area contributed by atoms with Gasteiger partial charge in [0.05, 0.1) is 42.7 Å². The summed E-state index contributed by atoms with van der Waals surface area (Å²) in [6.07, 6.45) is 1.32. The average molecular weight is 588 g/mol. The molecule has 1 aromatic heterocycles. The topological polar surface area (TPSA) is 93.9 Å². The molecule has 1 spiro atoms. The number of carbonyl (C=O) groups excluding carboxylic acids is 1. The van der Waals surface area contributed by atoms with Crippen LogP contribution in [0.5, 0.6) is 5.75 Å². The normalized spacial score (nSPS) is 23.6. The van der Waals surface area contributed by atoms with Crippen LogP contribution in [0.3, 0.4) is 0 Å². The molecular weight excluding hydrogens is 553 g/mol. The van der Waals surface area contributed by atoms with Crippen molar-refractivity contribution in [2.75, 3.05) is 18.6 Å². The van der Waals surface area contributed by atoms with Gasteiger partial charge < -0.3 is 23.6 Å². The van der Waals surface area contributed by atoms with Crippen molar-refractivity contribution in [3.05, 3.63) is 94.4 Å². The van der Waals surface area contributed by atoms with Gasteiger partial charge in [-0.15, -0.1) is 0 Å². The van der Waals surface area contributed by atoms with E-state index in [-0.39, 0.29) is 31.0 Å². The second kappa shape index (κ2) is 10.4. The first-order valence-corrected chi connectivity index (χ1v) is 17.1. The minimum absolute atomic E-state index is 0.160. The zero-order chi connectivity index (χ0) is 29.8. The van der Waals surface area contributed by atoms with Gasteiger partial charge in [0, 0.05) is 29.0 Å². The van der Waals surface area contributed by atoms with E-state index in [0.29, 0.717) is 28.1 Å². The van der Waals surface area contributed by atoms with Crippen molar-refractivity contribution < 1.29 is 23.5 Å². The van der Waals surface area contributed by atoms with E-state index in [4.69, 9.17) is 9.47 Å². The van der Waals surface area contributed by atoms with Gasteiger partial charge in [-0.2, -0.15) is 9.78 Å². The Balaban J connectivity index is 1.41. The van der Waals surface area contributed by atoms with Gasteiger partial charge in [-0.1, -0.05) is 37.3 Å². The van der Waals surface area contributed by atoms with Crippen LogP contribution in [0.25, 0.3) is 16.5 Å². The molecule has 1 N–H and O–H groups in total. The summed E-state index contributed by atoms with van der Waals surface area (Å²) in [5.74, 6) is -0.162. The Hall–Kier alpha value is -3.86. The summed E-state index contributed by atoms with van der Waals surface area (Å²) in [7, 11) is -1.74. The van der Waals surface area contributed by atoms with Gasteiger partial charge in [0.1, 0.15) is 5.75 Å². The highest BCUT2D eigenvalue weighted by molar-refractivity contribution is 6.72. The van der Waals surface area contributed by atoms with Crippen molar-refractivity contribution in [2.24, 2.45) is 5.92 Å². The fourth-order valence-electron chi connectivity index (χ4n) is 6.95. The molecule has 218 valence electrons. The Bertz CT molecular complexity index is 1740. The molecule has 0 unspecified atom stereocenters. The van der Waals surface area contributed by atoms with Crippen LogP contribution in [0, 0.1) is 5.92 Å². The van der Waals surface area contributed by atoms with E-state index in [9.17, 15) is 14.7 Å². The van der Waals surface area contributed by atoms with Crippen LogP contribution in [-0.4, -0.2) is 49.0 Å². The molecule has 2 aliphatic heterocycles. The van der Waals surface area contributed by atoms with Crippen molar-refractivity contribution >= 4 is 30.8 Å². The molecule has 0 saturated carbocycles. The molecule has 1 fully saturated rings. The predicted octanol–water partition coefficient (Wildman–Crippen LogP) is 5.10. The van der Waals surface area contributed by atoms with Gasteiger partial charge in [-0.05, 0) is 61.5 Å². The summed E-state index contributed by atoms with van der Waals surface area (Å²) in [6, 6.07) is 20.1. The quantitative estimate of drug-likeness (QED) is 0.239. The van der Waals surface area contributed by atoms with E-state index in [2.05, 4.69) is 5.10 Å². The first-order valence-electron chi connectivity index (χ1n) is 14.1. The first kappa shape index (κ1) is 28.3. The number of aliphatic hydroxyl groups is 1. The number of nitrogens with zero attached hydrogens (tertiary/aromatic N) is 3. The second-order valence-corrected chi connectivity index (χ2v) is 15.5. The third-order valence-corrected chi connectivity index (χ3v) is 11.2. The van der Waals surface area contributed by atoms with Crippen LogP contribution >= 0.6 is 0 Å². The van der Waals surface area contributed by atoms with Crippen molar-refractivity contribution in [3.8, 4) is 11.4 Å². The van der Waals surface area contributed by atoms with Crippen molar-refractivity contribution in [1.82, 2.24) is 9.78 Å². The van der Waals surface area contributed by atoms with Gasteiger partial charge in [0.15, 0.2) is 5.60 Å². The minimum Gasteiger partial charge on any atom is -0.497 e. The summed E-state index contributed by atoms with van der Waals surface area (Å²) >= 11 is 0. The van der Waals surface area contributed by atoms with E-state index in [1.165, 1.54) is 4.68 Å². The highest BCUT2D eigenvalue weighted by atomic mass is 28.4. The number of anilines is 1. The second-order valence-electron chi connectivity index (χ2n) is 11.7. The van der Waals surface area contributed by atoms with E-state index in [1.54, 1.807) is 49.5 Å². The van der Waals surface area contributed by atoms with Gasteiger partial charge >= 0.3 is 0 Å². The van der Waals surface area contributed by atoms with Gasteiger partial charge in [0.25, 0.3) is 11.5 Å². The highest BCUT2D eigenvalue weighted by Gasteiger charge is 2.66. The number of halogens is 1. The zero-order valence-corrected chi connectivity index (χ0v) is 25.1. The Morgan fingerprint density at radius 2 is 1.88 bits per heavy atom. The molecule has 1 saturated heterocycles. The van der Waals surface area contributed by atoms with Crippen LogP contribution in [0.2, 0.25) is 18.6 Å². The van der Waals surface area contributed by atoms with E-state index in [1.807, 2.05) is 55.5 Å². The predicted molar refractivity (Wildman–Crippen MR) is 161 cm³/mol. The average Bonchev–Trinajstić information content (AvgIpc) is 3.40. The zero-order valence-electron chi connectivity index (χ0n) is 24.1. The lowest BCUT2D eigenvalue weighted by Gasteiger charge is -2.31. The number of carbonyl (C=O) groups is 1. The maximum atomic E-state index is 15.8. The number of aromatic nitrogens is 2. The van der Waals surface area contributed by atoms with Crippen molar-refractivity contribution in [2.45, 2.75) is 50.2 Å². The minimum atomic E-state index is -3.30. The Morgan fingerprint density at radius 3 is 2.62 bits per heavy atom. The summed E-state index contributed by atoms with van der Waals surface area (Å²) in [6.45, 7) is 5.21. The van der Waals surface area contributed by atoms with Gasteiger partial charge in [-0.25, -0.2) is 0 Å². The number of fused-ring (bicyclic) bond motifs is 3. The molecule has 4 aromatic rings. The smallest absolute Gasteiger partial charge is 0.279 e. The SMILES string of the molecule is COc1ccc2c(c1)[C@]1(O[C@@H](CCO)[C@H]([Si](C)(C)F)[C@H]1C)C(=O)N2Cc1cccc(-n2ncc3ccccc3c2=O)c1. The number of methoxy groups -OCH3 is 1. The molecule has 1 amide bonds. The van der Waals surface area contributed by atoms with Crippen LogP contribution in [0.4, 0.5) is 9.80 Å². The van der Waals surface area contributed by atoms with Gasteiger partial charge in [-0.3, -0.25) is 9.59 Å². The fourth-order valence-corrected chi connectivity index (χ4v) is 9.49. The summed E-state index contributed by atoms with van der Waals surface area (Å²) in [4.78, 5) is 29.4. The Kier molecular flexibility index (Phi) is 7.03. The number of rotatable bonds is 7. The van der Waals surface area contributed by atoms with Gasteiger partial charge in [0.2, 0.25) is 8.41 Å². The third-order valence-electron chi connectivity index (χ3n) is 8.77. The Morgan fingerprint density at radius 1 is 1.10 bits per heavy atom. The monoisotopic (exact) mass is 587 g/mol. The number of aliphatic hydroxyl groups excluding tert-OH is 1. The molecule has 2 aliphatic rings. The van der Waals surface area contributed by atoms with E-state index >= 15 is 4.11 Å². The highest BCUT2D eigenvalue weighted by Crippen LogP contribution is 2.60. The van der Waals surface area contributed by atoms with Crippen LogP contribution < -0.4 is 15.2 Å². The largest absolute Gasteiger partial charge is 0.497 e. The molecular formula is C32H34FN3O5Si. The number of hydrogen-bond acceptors (Lipinski definition) is 6. The number of amides is 1. The first-order chi connectivity index (χ1) is 20.1. The molecule has 0 radical (unpaired) electrons. The summed E-state index contributed by atoms with van der Waals surface area (Å²) in [5, 5.41) is 15.5.